The molecule has 0 fully saturated rings. The quantitative estimate of drug-likeness (QED) is 0.764. The Balaban J connectivity index is 3.14. The molecule has 1 aromatic carbocycles. The summed E-state index contributed by atoms with van der Waals surface area (Å²) in [6.45, 7) is 3.15. The van der Waals surface area contributed by atoms with Crippen LogP contribution >= 0.6 is 15.9 Å². The number of aryl methyl sites for hydroxylation is 1. The van der Waals surface area contributed by atoms with Crippen molar-refractivity contribution in [3.05, 3.63) is 34.9 Å². The molecular weight excluding hydrogens is 266 g/mol. The van der Waals surface area contributed by atoms with E-state index < -0.39 is 11.3 Å². The molecule has 1 atom stereocenters. The third-order valence-electron chi connectivity index (χ3n) is 2.02. The molecule has 4 heteroatoms. The van der Waals surface area contributed by atoms with Crippen molar-refractivity contribution in [1.29, 1.82) is 0 Å². The van der Waals surface area contributed by atoms with E-state index in [1.165, 1.54) is 19.1 Å². The van der Waals surface area contributed by atoms with Crippen molar-refractivity contribution >= 4 is 21.7 Å². The molecule has 0 saturated carbocycles. The smallest absolute Gasteiger partial charge is 0.263 e. The summed E-state index contributed by atoms with van der Waals surface area (Å²) in [5, 5.41) is 0. The first kappa shape index (κ1) is 12.3. The number of carbonyl (C=O) groups is 1. The highest BCUT2D eigenvalue weighted by atomic mass is 79.9. The van der Waals surface area contributed by atoms with Crippen LogP contribution in [0.4, 0.5) is 8.78 Å². The Bertz CT molecular complexity index is 377. The number of carbonyl (C=O) groups excluding carboxylic acids is 1. The zero-order valence-corrected chi connectivity index (χ0v) is 10.0. The summed E-state index contributed by atoms with van der Waals surface area (Å²) in [6.07, 6.45) is -2.50. The van der Waals surface area contributed by atoms with Gasteiger partial charge in [0.1, 0.15) is 5.78 Å². The second kappa shape index (κ2) is 4.84. The average molecular weight is 277 g/mol. The van der Waals surface area contributed by atoms with Crippen LogP contribution in [0.3, 0.4) is 0 Å². The van der Waals surface area contributed by atoms with E-state index in [9.17, 15) is 13.6 Å². The lowest BCUT2D eigenvalue weighted by Gasteiger charge is -2.10. The van der Waals surface area contributed by atoms with E-state index in [1.807, 2.05) is 0 Å². The van der Waals surface area contributed by atoms with Gasteiger partial charge < -0.3 is 0 Å². The third kappa shape index (κ3) is 3.09. The monoisotopic (exact) mass is 276 g/mol. The Morgan fingerprint density at radius 2 is 1.80 bits per heavy atom. The molecule has 0 aromatic heterocycles. The summed E-state index contributed by atoms with van der Waals surface area (Å²) < 4.78 is 25.0. The lowest BCUT2D eigenvalue weighted by Crippen LogP contribution is -2.02. The normalized spacial score (nSPS) is 12.9. The van der Waals surface area contributed by atoms with Gasteiger partial charge in [0.2, 0.25) is 0 Å². The molecule has 0 N–H and O–H groups in total. The van der Waals surface area contributed by atoms with E-state index >= 15 is 0 Å². The Morgan fingerprint density at radius 3 is 2.27 bits per heavy atom. The third-order valence-corrected chi connectivity index (χ3v) is 3.20. The highest BCUT2D eigenvalue weighted by Crippen LogP contribution is 2.29. The molecular formula is C11H11BrF2O. The van der Waals surface area contributed by atoms with Crippen molar-refractivity contribution in [3.63, 3.8) is 0 Å². The maximum Gasteiger partial charge on any atom is 0.263 e. The number of ketones is 1. The minimum atomic E-state index is -2.50. The van der Waals surface area contributed by atoms with Crippen LogP contribution in [0.2, 0.25) is 0 Å². The number of Topliss-reactive ketones (excluding diaryl/α,β-unsaturated/α-hetero) is 1. The molecule has 1 nitrogen and oxygen atoms in total. The molecule has 0 saturated heterocycles. The molecule has 0 aliphatic rings. The SMILES string of the molecule is CC(=O)C(Br)c1cc(C)cc(C(F)F)c1. The van der Waals surface area contributed by atoms with Crippen molar-refractivity contribution in [2.24, 2.45) is 0 Å². The molecule has 0 radical (unpaired) electrons. The van der Waals surface area contributed by atoms with Gasteiger partial charge in [-0.25, -0.2) is 8.78 Å². The first-order valence-corrected chi connectivity index (χ1v) is 5.37. The summed E-state index contributed by atoms with van der Waals surface area (Å²) >= 11 is 3.17. The second-order valence-corrected chi connectivity index (χ2v) is 4.37. The molecule has 1 aromatic rings. The largest absolute Gasteiger partial charge is 0.298 e. The van der Waals surface area contributed by atoms with Crippen molar-refractivity contribution in [2.45, 2.75) is 25.1 Å². The van der Waals surface area contributed by atoms with E-state index in [4.69, 9.17) is 0 Å². The van der Waals surface area contributed by atoms with E-state index in [1.54, 1.807) is 13.0 Å². The van der Waals surface area contributed by atoms with Crippen LogP contribution in [-0.4, -0.2) is 5.78 Å². The van der Waals surface area contributed by atoms with Gasteiger partial charge in [-0.1, -0.05) is 33.6 Å². The molecule has 15 heavy (non-hydrogen) atoms. The molecule has 0 aliphatic carbocycles. The molecule has 82 valence electrons. The van der Waals surface area contributed by atoms with Gasteiger partial charge >= 0.3 is 0 Å². The molecule has 0 heterocycles. The van der Waals surface area contributed by atoms with Crippen LogP contribution in [0, 0.1) is 6.92 Å². The van der Waals surface area contributed by atoms with E-state index in [0.29, 0.717) is 5.56 Å². The van der Waals surface area contributed by atoms with Crippen molar-refractivity contribution < 1.29 is 13.6 Å². The minimum absolute atomic E-state index is 0.0456. The predicted molar refractivity (Wildman–Crippen MR) is 58.5 cm³/mol. The predicted octanol–water partition coefficient (Wildman–Crippen LogP) is 3.96. The van der Waals surface area contributed by atoms with Gasteiger partial charge in [0.25, 0.3) is 6.43 Å². The van der Waals surface area contributed by atoms with Gasteiger partial charge in [0.15, 0.2) is 0 Å². The van der Waals surface area contributed by atoms with Crippen molar-refractivity contribution in [1.82, 2.24) is 0 Å². The number of benzene rings is 1. The zero-order valence-electron chi connectivity index (χ0n) is 8.43. The van der Waals surface area contributed by atoms with Crippen LogP contribution in [0.25, 0.3) is 0 Å². The van der Waals surface area contributed by atoms with Crippen LogP contribution < -0.4 is 0 Å². The summed E-state index contributed by atoms with van der Waals surface area (Å²) in [4.78, 5) is 10.6. The summed E-state index contributed by atoms with van der Waals surface area (Å²) in [5.41, 5.74) is 1.27. The second-order valence-electron chi connectivity index (χ2n) is 3.45. The van der Waals surface area contributed by atoms with Gasteiger partial charge in [-0.15, -0.1) is 0 Å². The summed E-state index contributed by atoms with van der Waals surface area (Å²) in [5.74, 6) is -0.0965. The van der Waals surface area contributed by atoms with E-state index in [-0.39, 0.29) is 11.3 Å². The Labute approximate surface area is 95.6 Å². The molecule has 0 bridgehead atoms. The van der Waals surface area contributed by atoms with E-state index in [2.05, 4.69) is 15.9 Å². The fourth-order valence-corrected chi connectivity index (χ4v) is 1.61. The lowest BCUT2D eigenvalue weighted by molar-refractivity contribution is -0.116. The lowest BCUT2D eigenvalue weighted by atomic mass is 10.0. The van der Waals surface area contributed by atoms with Crippen LogP contribution in [0.5, 0.6) is 0 Å². The Hall–Kier alpha value is -0.770. The number of alkyl halides is 3. The van der Waals surface area contributed by atoms with Gasteiger partial charge in [0.05, 0.1) is 4.83 Å². The number of halogens is 3. The molecule has 1 rings (SSSR count). The zero-order chi connectivity index (χ0) is 11.6. The Kier molecular flexibility index (Phi) is 3.97. The van der Waals surface area contributed by atoms with Crippen molar-refractivity contribution in [2.75, 3.05) is 0 Å². The van der Waals surface area contributed by atoms with Crippen LogP contribution in [-0.2, 0) is 4.79 Å². The topological polar surface area (TPSA) is 17.1 Å². The Morgan fingerprint density at radius 1 is 1.27 bits per heavy atom. The molecule has 0 aliphatic heterocycles. The van der Waals surface area contributed by atoms with Crippen LogP contribution in [0.15, 0.2) is 18.2 Å². The molecule has 0 amide bonds. The first-order chi connectivity index (χ1) is 6.91. The van der Waals surface area contributed by atoms with Crippen molar-refractivity contribution in [3.8, 4) is 0 Å². The van der Waals surface area contributed by atoms with Gasteiger partial charge in [0, 0.05) is 5.56 Å². The maximum absolute atomic E-state index is 12.5. The van der Waals surface area contributed by atoms with E-state index in [0.717, 1.165) is 5.56 Å². The maximum atomic E-state index is 12.5. The van der Waals surface area contributed by atoms with Gasteiger partial charge in [-0.2, -0.15) is 0 Å². The fourth-order valence-electron chi connectivity index (χ4n) is 1.35. The summed E-state index contributed by atoms with van der Waals surface area (Å²) in [7, 11) is 0. The fraction of sp³-hybridized carbons (Fsp3) is 0.364. The van der Waals surface area contributed by atoms with Gasteiger partial charge in [-0.05, 0) is 25.5 Å². The molecule has 1 unspecified atom stereocenters. The average Bonchev–Trinajstić information content (AvgIpc) is 2.15. The first-order valence-electron chi connectivity index (χ1n) is 4.46. The highest BCUT2D eigenvalue weighted by Gasteiger charge is 2.16. The number of rotatable bonds is 3. The number of hydrogen-bond acceptors (Lipinski definition) is 1. The van der Waals surface area contributed by atoms with Gasteiger partial charge in [-0.3, -0.25) is 4.79 Å². The molecule has 0 spiro atoms. The van der Waals surface area contributed by atoms with Crippen LogP contribution in [0.1, 0.15) is 34.9 Å². The highest BCUT2D eigenvalue weighted by molar-refractivity contribution is 9.09. The number of hydrogen-bond donors (Lipinski definition) is 0. The summed E-state index contributed by atoms with van der Waals surface area (Å²) in [6, 6.07) is 4.51. The standard InChI is InChI=1S/C11H11BrF2O/c1-6-3-8(10(12)7(2)15)5-9(4-6)11(13)14/h3-5,10-11H,1-2H3. The minimum Gasteiger partial charge on any atom is -0.298 e.